The lowest BCUT2D eigenvalue weighted by molar-refractivity contribution is -0.128. The summed E-state index contributed by atoms with van der Waals surface area (Å²) in [6.45, 7) is 1.69. The molecule has 2 aliphatic heterocycles. The molecule has 1 fully saturated rings. The number of hydrogen-bond donors (Lipinski definition) is 2. The van der Waals surface area contributed by atoms with Crippen LogP contribution in [0.5, 0.6) is 0 Å². The zero-order chi connectivity index (χ0) is 22.0. The number of nitrogens with two attached hydrogens (primary N) is 1. The highest BCUT2D eigenvalue weighted by molar-refractivity contribution is 5.96. The molecule has 1 saturated heterocycles. The topological polar surface area (TPSA) is 121 Å². The summed E-state index contributed by atoms with van der Waals surface area (Å²) in [7, 11) is 1.76. The first-order valence-electron chi connectivity index (χ1n) is 10.3. The smallest absolute Gasteiger partial charge is 0.272 e. The molecule has 2 aliphatic rings. The van der Waals surface area contributed by atoms with Crippen LogP contribution in [0, 0.1) is 17.2 Å². The molecule has 0 aliphatic carbocycles. The monoisotopic (exact) mass is 419 g/mol. The molecule has 3 unspecified atom stereocenters. The summed E-state index contributed by atoms with van der Waals surface area (Å²) in [5.74, 6) is -0.930. The molecule has 3 atom stereocenters. The van der Waals surface area contributed by atoms with Crippen LogP contribution >= 0.6 is 0 Å². The van der Waals surface area contributed by atoms with Crippen LogP contribution < -0.4 is 11.1 Å². The van der Waals surface area contributed by atoms with Gasteiger partial charge < -0.3 is 20.7 Å². The van der Waals surface area contributed by atoms with Crippen molar-refractivity contribution in [3.8, 4) is 17.2 Å². The second-order valence-electron chi connectivity index (χ2n) is 8.08. The number of aromatic nitrogens is 1. The Bertz CT molecular complexity index is 1030. The fraction of sp³-hybridized carbons (Fsp3) is 0.391. The largest absolute Gasteiger partial charge is 0.380 e. The molecular weight excluding hydrogens is 394 g/mol. The van der Waals surface area contributed by atoms with Gasteiger partial charge in [-0.1, -0.05) is 24.3 Å². The fourth-order valence-corrected chi connectivity index (χ4v) is 4.05. The Labute approximate surface area is 181 Å². The standard InChI is InChI=1S/C23H25N5O3/c1-28-12-17-8-16(10-26-21(17)23(28)30)14-2-4-15(5-3-14)18(9-24)11-27-22(29)19-6-7-31-13-20(19)25/h2-5,8,10,18-20H,6-7,11-13,25H2,1H3,(H,27,29). The van der Waals surface area contributed by atoms with Crippen molar-refractivity contribution in [2.75, 3.05) is 26.8 Å². The van der Waals surface area contributed by atoms with Gasteiger partial charge in [0.1, 0.15) is 5.69 Å². The Morgan fingerprint density at radius 1 is 1.39 bits per heavy atom. The van der Waals surface area contributed by atoms with Crippen molar-refractivity contribution in [1.82, 2.24) is 15.2 Å². The Morgan fingerprint density at radius 3 is 2.87 bits per heavy atom. The molecule has 31 heavy (non-hydrogen) atoms. The Hall–Kier alpha value is -3.28. The molecule has 2 amide bonds. The summed E-state index contributed by atoms with van der Waals surface area (Å²) < 4.78 is 5.28. The maximum absolute atomic E-state index is 12.4. The quantitative estimate of drug-likeness (QED) is 0.756. The van der Waals surface area contributed by atoms with Gasteiger partial charge in [0.05, 0.1) is 24.5 Å². The third-order valence-corrected chi connectivity index (χ3v) is 5.94. The molecule has 160 valence electrons. The van der Waals surface area contributed by atoms with Crippen molar-refractivity contribution < 1.29 is 14.3 Å². The number of amides is 2. The summed E-state index contributed by atoms with van der Waals surface area (Å²) >= 11 is 0. The molecule has 8 heteroatoms. The van der Waals surface area contributed by atoms with Crippen LogP contribution in [0.25, 0.3) is 11.1 Å². The van der Waals surface area contributed by atoms with E-state index < -0.39 is 5.92 Å². The molecule has 0 bridgehead atoms. The first kappa shape index (κ1) is 21.0. The SMILES string of the molecule is CN1Cc2cc(-c3ccc(C(C#N)CNC(=O)C4CCOCC4N)cc3)cnc2C1=O. The van der Waals surface area contributed by atoms with Crippen LogP contribution in [0.4, 0.5) is 0 Å². The van der Waals surface area contributed by atoms with E-state index in [0.29, 0.717) is 31.9 Å². The molecule has 3 heterocycles. The van der Waals surface area contributed by atoms with Crippen LogP contribution in [-0.2, 0) is 16.1 Å². The highest BCUT2D eigenvalue weighted by atomic mass is 16.5. The van der Waals surface area contributed by atoms with Gasteiger partial charge in [-0.05, 0) is 23.6 Å². The lowest BCUT2D eigenvalue weighted by Gasteiger charge is -2.27. The summed E-state index contributed by atoms with van der Waals surface area (Å²) in [5, 5.41) is 12.5. The summed E-state index contributed by atoms with van der Waals surface area (Å²) in [5.41, 5.74) is 10.1. The van der Waals surface area contributed by atoms with E-state index in [1.807, 2.05) is 30.3 Å². The number of carbonyl (C=O) groups excluding carboxylic acids is 2. The van der Waals surface area contributed by atoms with Crippen molar-refractivity contribution in [3.05, 3.63) is 53.3 Å². The van der Waals surface area contributed by atoms with Gasteiger partial charge in [-0.2, -0.15) is 5.26 Å². The van der Waals surface area contributed by atoms with Crippen molar-refractivity contribution in [1.29, 1.82) is 5.26 Å². The normalized spacial score (nSPS) is 21.3. The van der Waals surface area contributed by atoms with Crippen molar-refractivity contribution in [3.63, 3.8) is 0 Å². The molecule has 1 aromatic carbocycles. The minimum Gasteiger partial charge on any atom is -0.380 e. The van der Waals surface area contributed by atoms with E-state index in [0.717, 1.165) is 22.3 Å². The molecule has 8 nitrogen and oxygen atoms in total. The number of nitrogens with zero attached hydrogens (tertiary/aromatic N) is 3. The van der Waals surface area contributed by atoms with E-state index in [-0.39, 0.29) is 30.3 Å². The first-order valence-corrected chi connectivity index (χ1v) is 10.3. The number of rotatable bonds is 5. The van der Waals surface area contributed by atoms with Gasteiger partial charge in [-0.15, -0.1) is 0 Å². The Morgan fingerprint density at radius 2 is 2.16 bits per heavy atom. The van der Waals surface area contributed by atoms with Gasteiger partial charge in [0, 0.05) is 50.1 Å². The number of nitrogens with one attached hydrogen (secondary N) is 1. The predicted octanol–water partition coefficient (Wildman–Crippen LogP) is 1.42. The third-order valence-electron chi connectivity index (χ3n) is 5.94. The van der Waals surface area contributed by atoms with E-state index >= 15 is 0 Å². The number of fused-ring (bicyclic) bond motifs is 1. The molecule has 1 aromatic heterocycles. The second kappa shape index (κ2) is 8.84. The van der Waals surface area contributed by atoms with Crippen LogP contribution in [-0.4, -0.2) is 54.5 Å². The minimum atomic E-state index is -0.460. The van der Waals surface area contributed by atoms with Crippen molar-refractivity contribution >= 4 is 11.8 Å². The number of carbonyl (C=O) groups is 2. The zero-order valence-electron chi connectivity index (χ0n) is 17.4. The van der Waals surface area contributed by atoms with Gasteiger partial charge in [0.25, 0.3) is 5.91 Å². The maximum atomic E-state index is 12.4. The summed E-state index contributed by atoms with van der Waals surface area (Å²) in [6.07, 6.45) is 2.29. The van der Waals surface area contributed by atoms with E-state index in [1.54, 1.807) is 18.1 Å². The number of hydrogen-bond acceptors (Lipinski definition) is 6. The summed E-state index contributed by atoms with van der Waals surface area (Å²) in [6, 6.07) is 11.6. The molecule has 0 saturated carbocycles. The predicted molar refractivity (Wildman–Crippen MR) is 114 cm³/mol. The fourth-order valence-electron chi connectivity index (χ4n) is 4.05. The molecular formula is C23H25N5O3. The molecule has 0 spiro atoms. The van der Waals surface area contributed by atoms with Crippen LogP contribution in [0.2, 0.25) is 0 Å². The van der Waals surface area contributed by atoms with E-state index in [2.05, 4.69) is 16.4 Å². The Balaban J connectivity index is 1.42. The molecule has 3 N–H and O–H groups in total. The van der Waals surface area contributed by atoms with Gasteiger partial charge in [0.2, 0.25) is 5.91 Å². The number of benzene rings is 1. The second-order valence-corrected chi connectivity index (χ2v) is 8.08. The van der Waals surface area contributed by atoms with Crippen LogP contribution in [0.3, 0.4) is 0 Å². The molecule has 2 aromatic rings. The third kappa shape index (κ3) is 4.29. The Kier molecular flexibility index (Phi) is 5.98. The van der Waals surface area contributed by atoms with Gasteiger partial charge in [0.15, 0.2) is 0 Å². The van der Waals surface area contributed by atoms with Gasteiger partial charge >= 0.3 is 0 Å². The van der Waals surface area contributed by atoms with Crippen LogP contribution in [0.1, 0.15) is 34.0 Å². The van der Waals surface area contributed by atoms with E-state index in [4.69, 9.17) is 10.5 Å². The van der Waals surface area contributed by atoms with Crippen LogP contribution in [0.15, 0.2) is 36.5 Å². The van der Waals surface area contributed by atoms with Crippen molar-refractivity contribution in [2.45, 2.75) is 24.9 Å². The number of nitriles is 1. The number of ether oxygens (including phenoxy) is 1. The molecule has 0 radical (unpaired) electrons. The molecule has 4 rings (SSSR count). The minimum absolute atomic E-state index is 0.0579. The lowest BCUT2D eigenvalue weighted by Crippen LogP contribution is -2.48. The highest BCUT2D eigenvalue weighted by Crippen LogP contribution is 2.27. The average molecular weight is 419 g/mol. The zero-order valence-corrected chi connectivity index (χ0v) is 17.4. The average Bonchev–Trinajstić information content (AvgIpc) is 3.07. The first-order chi connectivity index (χ1) is 15.0. The van der Waals surface area contributed by atoms with Crippen molar-refractivity contribution in [2.24, 2.45) is 11.7 Å². The lowest BCUT2D eigenvalue weighted by atomic mass is 9.93. The van der Waals surface area contributed by atoms with E-state index in [9.17, 15) is 14.9 Å². The summed E-state index contributed by atoms with van der Waals surface area (Å²) in [4.78, 5) is 30.4. The highest BCUT2D eigenvalue weighted by Gasteiger charge is 2.29. The van der Waals surface area contributed by atoms with E-state index in [1.165, 1.54) is 0 Å². The van der Waals surface area contributed by atoms with Gasteiger partial charge in [-0.3, -0.25) is 14.6 Å². The maximum Gasteiger partial charge on any atom is 0.272 e. The number of pyridine rings is 1. The van der Waals surface area contributed by atoms with Gasteiger partial charge in [-0.25, -0.2) is 0 Å².